The van der Waals surface area contributed by atoms with Crippen LogP contribution in [-0.2, 0) is 56.6 Å². The molecule has 5 rings (SSSR count). The third-order valence-corrected chi connectivity index (χ3v) is 8.42. The number of rotatable bonds is 5. The van der Waals surface area contributed by atoms with Crippen molar-refractivity contribution in [2.45, 2.75) is 102 Å². The molecule has 0 spiro atoms. The van der Waals surface area contributed by atoms with E-state index in [0.29, 0.717) is 25.0 Å². The Balaban J connectivity index is 0.00000480. The third kappa shape index (κ3) is 8.42. The Morgan fingerprint density at radius 1 is 1.15 bits per heavy atom. The van der Waals surface area contributed by atoms with Crippen LogP contribution in [-0.4, -0.2) is 80.1 Å². The summed E-state index contributed by atoms with van der Waals surface area (Å²) in [5.74, 6) is -1.53. The smallest absolute Gasteiger partial charge is 0.408 e. The number of esters is 1. The van der Waals surface area contributed by atoms with Crippen LogP contribution in [0.25, 0.3) is 11.3 Å². The largest absolute Gasteiger partial charge is 0.464 e. The Morgan fingerprint density at radius 3 is 2.63 bits per heavy atom. The summed E-state index contributed by atoms with van der Waals surface area (Å²) in [6.07, 6.45) is 10.5. The monoisotopic (exact) mass is 708 g/mol. The zero-order valence-corrected chi connectivity index (χ0v) is 29.9. The number of hydrogen-bond donors (Lipinski definition) is 2. The zero-order valence-electron chi connectivity index (χ0n) is 27.0. The van der Waals surface area contributed by atoms with Gasteiger partial charge in [-0.25, -0.2) is 14.4 Å². The molecule has 1 aliphatic carbocycles. The first-order valence-corrected chi connectivity index (χ1v) is 15.9. The molecule has 46 heavy (non-hydrogen) atoms. The Kier molecular flexibility index (Phi) is 11.8. The van der Waals surface area contributed by atoms with Gasteiger partial charge in [0.1, 0.15) is 23.2 Å². The summed E-state index contributed by atoms with van der Waals surface area (Å²) in [4.78, 5) is 57.2. The maximum atomic E-state index is 14.2. The number of ether oxygens (including phenoxy) is 2. The van der Waals surface area contributed by atoms with Crippen molar-refractivity contribution in [2.75, 3.05) is 13.2 Å². The molecule has 1 saturated carbocycles. The molecule has 1 saturated heterocycles. The summed E-state index contributed by atoms with van der Waals surface area (Å²) in [6.45, 7) is 7.32. The predicted octanol–water partition coefficient (Wildman–Crippen LogP) is 3.74. The van der Waals surface area contributed by atoms with Gasteiger partial charge in [-0.15, -0.1) is 17.7 Å². The van der Waals surface area contributed by atoms with E-state index in [1.165, 1.54) is 9.70 Å². The van der Waals surface area contributed by atoms with Crippen molar-refractivity contribution in [3.05, 3.63) is 48.7 Å². The minimum absolute atomic E-state index is 0. The molecule has 12 nitrogen and oxygen atoms in total. The van der Waals surface area contributed by atoms with Crippen LogP contribution >= 0.6 is 0 Å². The summed E-state index contributed by atoms with van der Waals surface area (Å²) in [5, 5.41) is 14.7. The number of benzene rings is 1. The van der Waals surface area contributed by atoms with Crippen LogP contribution in [0.5, 0.6) is 0 Å². The number of aromatic nitrogens is 3. The Labute approximate surface area is 295 Å². The topological polar surface area (TPSA) is 145 Å². The van der Waals surface area contributed by atoms with E-state index in [4.69, 9.17) is 9.47 Å². The molecule has 3 heterocycles. The number of alkyl carbamates (subject to hydrolysis) is 1. The van der Waals surface area contributed by atoms with Crippen molar-refractivity contribution >= 4 is 23.9 Å². The number of hydrogen-bond acceptors (Lipinski definition) is 8. The van der Waals surface area contributed by atoms with E-state index in [2.05, 4.69) is 27.0 Å². The molecule has 1 radical (unpaired) electrons. The molecule has 0 unspecified atom stereocenters. The molecule has 13 heteroatoms. The predicted molar refractivity (Wildman–Crippen MR) is 164 cm³/mol. The molecule has 1 aromatic carbocycles. The van der Waals surface area contributed by atoms with Crippen molar-refractivity contribution in [2.24, 2.45) is 5.92 Å². The van der Waals surface area contributed by atoms with Crippen LogP contribution in [0.4, 0.5) is 4.79 Å². The molecule has 5 atom stereocenters. The summed E-state index contributed by atoms with van der Waals surface area (Å²) in [6, 6.07) is 7.24. The van der Waals surface area contributed by atoms with Gasteiger partial charge in [0.2, 0.25) is 11.8 Å². The summed E-state index contributed by atoms with van der Waals surface area (Å²) in [7, 11) is 0. The number of carbonyl (C=O) groups excluding carboxylic acids is 4. The fraction of sp³-hybridized carbons (Fsp3) is 0.576. The number of fused-ring (bicyclic) bond motifs is 2. The van der Waals surface area contributed by atoms with Crippen molar-refractivity contribution in [1.29, 1.82) is 0 Å². The van der Waals surface area contributed by atoms with Gasteiger partial charge in [-0.1, -0.05) is 55.1 Å². The molecule has 0 bridgehead atoms. The maximum Gasteiger partial charge on any atom is 0.408 e. The van der Waals surface area contributed by atoms with Crippen molar-refractivity contribution < 1.29 is 61.4 Å². The molecule has 2 fully saturated rings. The molecule has 245 valence electrons. The van der Waals surface area contributed by atoms with E-state index < -0.39 is 53.1 Å². The van der Waals surface area contributed by atoms with Crippen LogP contribution < -0.4 is 10.6 Å². The molecule has 3 aliphatic rings. The van der Waals surface area contributed by atoms with E-state index in [1.807, 2.05) is 42.5 Å². The van der Waals surface area contributed by atoms with Crippen LogP contribution in [0.2, 0.25) is 0 Å². The fourth-order valence-corrected chi connectivity index (χ4v) is 6.07. The quantitative estimate of drug-likeness (QED) is 0.272. The molecule has 1 aromatic heterocycles. The number of allylic oxidation sites excluding steroid dienone is 1. The first-order valence-electron chi connectivity index (χ1n) is 15.9. The van der Waals surface area contributed by atoms with Gasteiger partial charge in [-0.2, -0.15) is 5.10 Å². The van der Waals surface area contributed by atoms with Crippen molar-refractivity contribution in [3.63, 3.8) is 0 Å². The molecular weight excluding hydrogens is 665 g/mol. The Bertz CT molecular complexity index is 1430. The van der Waals surface area contributed by atoms with Gasteiger partial charge in [0.15, 0.2) is 0 Å². The van der Waals surface area contributed by atoms with Crippen molar-refractivity contribution in [1.82, 2.24) is 30.5 Å². The first-order chi connectivity index (χ1) is 21.5. The fourth-order valence-electron chi connectivity index (χ4n) is 6.07. The van der Waals surface area contributed by atoms with Crippen LogP contribution in [0.15, 0.2) is 42.5 Å². The average Bonchev–Trinajstić information content (AvgIpc) is 3.31. The number of carbonyl (C=O) groups is 4. The van der Waals surface area contributed by atoms with Gasteiger partial charge in [0.25, 0.3) is 0 Å². The number of nitrogens with zero attached hydrogens (tertiary/aromatic N) is 4. The third-order valence-electron chi connectivity index (χ3n) is 8.42. The Morgan fingerprint density at radius 2 is 1.91 bits per heavy atom. The second-order valence-electron chi connectivity index (χ2n) is 13.0. The maximum absolute atomic E-state index is 14.2. The number of nitrogens with one attached hydrogen (secondary N) is 2. The second kappa shape index (κ2) is 15.2. The van der Waals surface area contributed by atoms with Gasteiger partial charge in [-0.05, 0) is 53.4 Å². The van der Waals surface area contributed by atoms with Crippen LogP contribution in [0.1, 0.15) is 78.7 Å². The van der Waals surface area contributed by atoms with Gasteiger partial charge in [-0.3, -0.25) is 14.7 Å². The second-order valence-corrected chi connectivity index (χ2v) is 13.0. The van der Waals surface area contributed by atoms with Gasteiger partial charge < -0.3 is 25.0 Å². The minimum atomic E-state index is -1.18. The minimum Gasteiger partial charge on any atom is -0.464 e. The van der Waals surface area contributed by atoms with E-state index in [1.54, 1.807) is 27.7 Å². The molecule has 3 amide bonds. The van der Waals surface area contributed by atoms with Crippen LogP contribution in [0, 0.1) is 12.1 Å². The summed E-state index contributed by atoms with van der Waals surface area (Å²) < 4.78 is 10.8. The normalized spacial score (nSPS) is 27.4. The van der Waals surface area contributed by atoms with Gasteiger partial charge in [0.05, 0.1) is 12.6 Å². The van der Waals surface area contributed by atoms with Gasteiger partial charge in [0, 0.05) is 51.6 Å². The van der Waals surface area contributed by atoms with E-state index >= 15 is 0 Å². The first kappa shape index (κ1) is 35.7. The number of amides is 3. The zero-order chi connectivity index (χ0) is 32.2. The SMILES string of the molecule is CCOC(=O)[C@@]12C[C@@H]1/C=C\CCCCC[C@H](NC(=O)OC(C)(C)C)C(=O)N1C[C@H](n3n[c-]c(-c4ccccc4)n3)C[C@H]1C(=O)N2.[Y]. The summed E-state index contributed by atoms with van der Waals surface area (Å²) >= 11 is 0. The van der Waals surface area contributed by atoms with E-state index in [-0.39, 0.29) is 58.2 Å². The Hall–Kier alpha value is -3.12. The molecule has 2 aliphatic heterocycles. The van der Waals surface area contributed by atoms with Gasteiger partial charge >= 0.3 is 12.1 Å². The molecular formula is C33H43N6O6Y-. The van der Waals surface area contributed by atoms with E-state index in [0.717, 1.165) is 24.8 Å². The van der Waals surface area contributed by atoms with E-state index in [9.17, 15) is 19.2 Å². The van der Waals surface area contributed by atoms with Crippen LogP contribution in [0.3, 0.4) is 0 Å². The molecule has 2 aromatic rings. The molecule has 2 N–H and O–H groups in total. The van der Waals surface area contributed by atoms with Crippen molar-refractivity contribution in [3.8, 4) is 11.3 Å². The average molecular weight is 709 g/mol. The standard InChI is InChI=1S/C33H43N6O6.Y/c1-5-44-30(42)33-19-23(33)16-12-7-6-8-13-17-25(35-31(43)45-32(2,3)4)29(41)38-21-24(18-27(38)28(40)36-33)39-34-20-26(37-39)22-14-10-9-11-15-22;/h9-12,14-16,23-25,27H,5-8,13,17-19,21H2,1-4H3,(H,35,43)(H,36,40);/q-1;/b16-12-;/t23-,24+,25-,27-,33+;/m0./s1. The summed E-state index contributed by atoms with van der Waals surface area (Å²) in [5.41, 5.74) is -0.532.